The molecule has 0 radical (unpaired) electrons. The van der Waals surface area contributed by atoms with Crippen LogP contribution in [0.3, 0.4) is 0 Å². The van der Waals surface area contributed by atoms with Gasteiger partial charge < -0.3 is 23.4 Å². The van der Waals surface area contributed by atoms with Crippen molar-refractivity contribution in [3.05, 3.63) is 36.1 Å². The lowest BCUT2D eigenvalue weighted by Gasteiger charge is -2.13. The van der Waals surface area contributed by atoms with Gasteiger partial charge in [0.05, 0.1) is 25.9 Å². The van der Waals surface area contributed by atoms with Crippen molar-refractivity contribution in [1.29, 1.82) is 0 Å². The number of fused-ring (bicyclic) bond motifs is 2. The lowest BCUT2D eigenvalue weighted by atomic mass is 10.1. The van der Waals surface area contributed by atoms with Crippen LogP contribution in [0.1, 0.15) is 13.8 Å². The first-order valence-corrected chi connectivity index (χ1v) is 8.38. The standard InChI is InChI=1S/C20H21NO6/c1-12(11-27-13(2)22)7-9-25-16-6-5-14-17(19(16)24-4)21-20-15(8-10-26-20)18(14)23-3/h5-8,10H,9,11H2,1-4H3/b12-7+. The molecule has 2 heterocycles. The molecule has 0 aliphatic heterocycles. The number of carbonyl (C=O) groups excluding carboxylic acids is 1. The molecule has 0 saturated heterocycles. The zero-order valence-electron chi connectivity index (χ0n) is 15.7. The van der Waals surface area contributed by atoms with E-state index in [1.165, 1.54) is 6.92 Å². The Morgan fingerprint density at radius 3 is 2.59 bits per heavy atom. The zero-order valence-corrected chi connectivity index (χ0v) is 15.7. The van der Waals surface area contributed by atoms with E-state index in [1.807, 2.05) is 31.2 Å². The van der Waals surface area contributed by atoms with Crippen LogP contribution < -0.4 is 14.2 Å². The largest absolute Gasteiger partial charge is 0.495 e. The molecular formula is C20H21NO6. The van der Waals surface area contributed by atoms with Gasteiger partial charge in [-0.2, -0.15) is 0 Å². The number of ether oxygens (including phenoxy) is 4. The van der Waals surface area contributed by atoms with E-state index in [1.54, 1.807) is 20.5 Å². The van der Waals surface area contributed by atoms with Gasteiger partial charge in [0.1, 0.15) is 24.5 Å². The summed E-state index contributed by atoms with van der Waals surface area (Å²) in [4.78, 5) is 15.4. The van der Waals surface area contributed by atoms with Crippen molar-refractivity contribution in [2.45, 2.75) is 13.8 Å². The lowest BCUT2D eigenvalue weighted by Crippen LogP contribution is -2.04. The molecule has 27 heavy (non-hydrogen) atoms. The number of furan rings is 1. The maximum absolute atomic E-state index is 10.9. The Labute approximate surface area is 156 Å². The van der Waals surface area contributed by atoms with Gasteiger partial charge in [-0.1, -0.05) is 0 Å². The molecule has 2 aromatic heterocycles. The molecule has 0 aliphatic rings. The Morgan fingerprint density at radius 1 is 1.11 bits per heavy atom. The molecule has 0 unspecified atom stereocenters. The van der Waals surface area contributed by atoms with Crippen molar-refractivity contribution in [3.8, 4) is 17.2 Å². The molecule has 0 saturated carbocycles. The molecule has 0 bridgehead atoms. The summed E-state index contributed by atoms with van der Waals surface area (Å²) in [6.07, 6.45) is 3.41. The highest BCUT2D eigenvalue weighted by Crippen LogP contribution is 2.41. The summed E-state index contributed by atoms with van der Waals surface area (Å²) in [7, 11) is 3.17. The maximum atomic E-state index is 10.9. The number of benzene rings is 1. The number of hydrogen-bond acceptors (Lipinski definition) is 7. The van der Waals surface area contributed by atoms with E-state index in [-0.39, 0.29) is 12.6 Å². The monoisotopic (exact) mass is 371 g/mol. The third-order valence-electron chi connectivity index (χ3n) is 4.02. The highest BCUT2D eigenvalue weighted by molar-refractivity contribution is 6.02. The number of hydrogen-bond donors (Lipinski definition) is 0. The maximum Gasteiger partial charge on any atom is 0.302 e. The molecule has 0 spiro atoms. The quantitative estimate of drug-likeness (QED) is 0.460. The normalized spacial score (nSPS) is 11.6. The van der Waals surface area contributed by atoms with Crippen molar-refractivity contribution in [2.75, 3.05) is 27.4 Å². The fourth-order valence-electron chi connectivity index (χ4n) is 2.73. The molecule has 3 rings (SSSR count). The van der Waals surface area contributed by atoms with Crippen molar-refractivity contribution in [1.82, 2.24) is 4.98 Å². The molecule has 7 heteroatoms. The Hall–Kier alpha value is -3.22. The molecule has 0 aliphatic carbocycles. The van der Waals surface area contributed by atoms with Crippen LogP contribution in [0.15, 0.2) is 40.5 Å². The van der Waals surface area contributed by atoms with Gasteiger partial charge in [0.2, 0.25) is 5.71 Å². The van der Waals surface area contributed by atoms with Gasteiger partial charge in [-0.3, -0.25) is 4.79 Å². The van der Waals surface area contributed by atoms with Crippen LogP contribution in [-0.2, 0) is 9.53 Å². The molecule has 0 atom stereocenters. The first kappa shape index (κ1) is 18.6. The second-order valence-corrected chi connectivity index (χ2v) is 5.92. The molecule has 0 N–H and O–H groups in total. The predicted molar refractivity (Wildman–Crippen MR) is 101 cm³/mol. The summed E-state index contributed by atoms with van der Waals surface area (Å²) >= 11 is 0. The second-order valence-electron chi connectivity index (χ2n) is 5.92. The fraction of sp³-hybridized carbons (Fsp3) is 0.300. The van der Waals surface area contributed by atoms with Crippen LogP contribution >= 0.6 is 0 Å². The average molecular weight is 371 g/mol. The Balaban J connectivity index is 1.91. The van der Waals surface area contributed by atoms with Gasteiger partial charge in [0, 0.05) is 12.3 Å². The number of pyridine rings is 1. The topological polar surface area (TPSA) is 80.0 Å². The van der Waals surface area contributed by atoms with Gasteiger partial charge in [-0.05, 0) is 36.8 Å². The molecule has 142 valence electrons. The summed E-state index contributed by atoms with van der Waals surface area (Å²) in [5.41, 5.74) is 1.95. The molecule has 0 fully saturated rings. The van der Waals surface area contributed by atoms with Crippen LogP contribution in [0.25, 0.3) is 22.0 Å². The summed E-state index contributed by atoms with van der Waals surface area (Å²) < 4.78 is 27.3. The third kappa shape index (κ3) is 3.81. The van der Waals surface area contributed by atoms with Crippen LogP contribution in [0.4, 0.5) is 0 Å². The van der Waals surface area contributed by atoms with Crippen LogP contribution in [-0.4, -0.2) is 38.4 Å². The summed E-state index contributed by atoms with van der Waals surface area (Å²) in [6, 6.07) is 5.50. The van der Waals surface area contributed by atoms with Gasteiger partial charge in [-0.25, -0.2) is 4.98 Å². The first-order chi connectivity index (χ1) is 13.0. The van der Waals surface area contributed by atoms with Crippen molar-refractivity contribution < 1.29 is 28.2 Å². The highest BCUT2D eigenvalue weighted by atomic mass is 16.5. The number of carbonyl (C=O) groups is 1. The van der Waals surface area contributed by atoms with E-state index in [0.29, 0.717) is 35.1 Å². The average Bonchev–Trinajstić information content (AvgIpc) is 3.12. The minimum Gasteiger partial charge on any atom is -0.495 e. The van der Waals surface area contributed by atoms with E-state index >= 15 is 0 Å². The van der Waals surface area contributed by atoms with Gasteiger partial charge in [-0.15, -0.1) is 0 Å². The molecular weight excluding hydrogens is 350 g/mol. The van der Waals surface area contributed by atoms with Gasteiger partial charge in [0.25, 0.3) is 0 Å². The van der Waals surface area contributed by atoms with Gasteiger partial charge in [0.15, 0.2) is 11.5 Å². The fourth-order valence-corrected chi connectivity index (χ4v) is 2.73. The number of methoxy groups -OCH3 is 2. The van der Waals surface area contributed by atoms with E-state index < -0.39 is 0 Å². The van der Waals surface area contributed by atoms with E-state index in [2.05, 4.69) is 4.98 Å². The van der Waals surface area contributed by atoms with E-state index in [0.717, 1.165) is 16.3 Å². The first-order valence-electron chi connectivity index (χ1n) is 8.38. The predicted octanol–water partition coefficient (Wildman–Crippen LogP) is 3.89. The van der Waals surface area contributed by atoms with Crippen LogP contribution in [0.2, 0.25) is 0 Å². The smallest absolute Gasteiger partial charge is 0.302 e. The minimum absolute atomic E-state index is 0.239. The zero-order chi connectivity index (χ0) is 19.4. The van der Waals surface area contributed by atoms with Crippen LogP contribution in [0, 0.1) is 0 Å². The van der Waals surface area contributed by atoms with E-state index in [4.69, 9.17) is 23.4 Å². The summed E-state index contributed by atoms with van der Waals surface area (Å²) in [5.74, 6) is 1.40. The molecule has 3 aromatic rings. The van der Waals surface area contributed by atoms with Crippen molar-refractivity contribution in [3.63, 3.8) is 0 Å². The van der Waals surface area contributed by atoms with Gasteiger partial charge >= 0.3 is 5.97 Å². The number of aromatic nitrogens is 1. The van der Waals surface area contributed by atoms with Crippen molar-refractivity contribution in [2.24, 2.45) is 0 Å². The van der Waals surface area contributed by atoms with Crippen molar-refractivity contribution >= 4 is 28.0 Å². The summed E-state index contributed by atoms with van der Waals surface area (Å²) in [6.45, 7) is 3.78. The molecule has 0 amide bonds. The lowest BCUT2D eigenvalue weighted by molar-refractivity contribution is -0.139. The Bertz CT molecular complexity index is 1000. The molecule has 1 aromatic carbocycles. The SMILES string of the molecule is COc1c2ccoc2nc2c(OC)c(OC/C=C(\C)COC(C)=O)ccc12. The number of rotatable bonds is 7. The summed E-state index contributed by atoms with van der Waals surface area (Å²) in [5, 5.41) is 1.60. The minimum atomic E-state index is -0.316. The Morgan fingerprint density at radius 2 is 1.89 bits per heavy atom. The van der Waals surface area contributed by atoms with Crippen LogP contribution in [0.5, 0.6) is 17.2 Å². The highest BCUT2D eigenvalue weighted by Gasteiger charge is 2.18. The molecule has 7 nitrogen and oxygen atoms in total. The third-order valence-corrected chi connectivity index (χ3v) is 4.02. The number of nitrogens with zero attached hydrogens (tertiary/aromatic N) is 1. The number of esters is 1. The Kier molecular flexibility index (Phi) is 5.49. The van der Waals surface area contributed by atoms with E-state index in [9.17, 15) is 4.79 Å². The second kappa shape index (κ2) is 7.99.